The Bertz CT molecular complexity index is 559. The molecule has 5 heteroatoms. The minimum absolute atomic E-state index is 0.0110. The van der Waals surface area contributed by atoms with E-state index in [2.05, 4.69) is 37.9 Å². The molecule has 2 heterocycles. The molecule has 2 saturated heterocycles. The smallest absolute Gasteiger partial charge is 0.304 e. The van der Waals surface area contributed by atoms with Crippen molar-refractivity contribution in [3.05, 3.63) is 0 Å². The number of rotatable bonds is 3. The number of piperidine rings is 1. The molecule has 1 aliphatic carbocycles. The SMILES string of the molecule is CC1(C)CC2(CN(CCC(=O)O)C3(CCCCCCCCCCC3)O2)CC(C)(C)N1. The van der Waals surface area contributed by atoms with Crippen LogP contribution in [-0.2, 0) is 9.53 Å². The van der Waals surface area contributed by atoms with Gasteiger partial charge in [-0.05, 0) is 66.2 Å². The normalized spacial score (nSPS) is 29.3. The Morgan fingerprint density at radius 3 is 1.80 bits per heavy atom. The van der Waals surface area contributed by atoms with Gasteiger partial charge in [-0.2, -0.15) is 0 Å². The summed E-state index contributed by atoms with van der Waals surface area (Å²) in [7, 11) is 0. The lowest BCUT2D eigenvalue weighted by Gasteiger charge is -2.51. The van der Waals surface area contributed by atoms with Crippen LogP contribution in [0.2, 0.25) is 0 Å². The van der Waals surface area contributed by atoms with Crippen LogP contribution in [0.5, 0.6) is 0 Å². The van der Waals surface area contributed by atoms with Crippen molar-refractivity contribution in [2.24, 2.45) is 0 Å². The van der Waals surface area contributed by atoms with E-state index in [1.54, 1.807) is 0 Å². The zero-order valence-corrected chi connectivity index (χ0v) is 20.0. The van der Waals surface area contributed by atoms with Gasteiger partial charge in [0, 0.05) is 24.2 Å². The second-order valence-corrected chi connectivity index (χ2v) is 11.7. The van der Waals surface area contributed by atoms with Gasteiger partial charge in [-0.3, -0.25) is 9.69 Å². The van der Waals surface area contributed by atoms with Crippen molar-refractivity contribution in [3.63, 3.8) is 0 Å². The topological polar surface area (TPSA) is 61.8 Å². The lowest BCUT2D eigenvalue weighted by atomic mass is 9.73. The number of ether oxygens (including phenoxy) is 1. The predicted octanol–water partition coefficient (Wildman–Crippen LogP) is 5.47. The van der Waals surface area contributed by atoms with Crippen molar-refractivity contribution in [3.8, 4) is 0 Å². The minimum atomic E-state index is -0.703. The first-order valence-electron chi connectivity index (χ1n) is 12.5. The maximum Gasteiger partial charge on any atom is 0.304 e. The molecule has 3 fully saturated rings. The number of carboxylic acids is 1. The van der Waals surface area contributed by atoms with Crippen LogP contribution in [0, 0.1) is 0 Å². The monoisotopic (exact) mass is 422 g/mol. The van der Waals surface area contributed by atoms with E-state index in [1.807, 2.05) is 0 Å². The molecule has 0 amide bonds. The Labute approximate surface area is 184 Å². The second kappa shape index (κ2) is 9.46. The van der Waals surface area contributed by atoms with Crippen LogP contribution in [0.25, 0.3) is 0 Å². The predicted molar refractivity (Wildman–Crippen MR) is 122 cm³/mol. The average molecular weight is 423 g/mol. The summed E-state index contributed by atoms with van der Waals surface area (Å²) in [6, 6.07) is 0. The van der Waals surface area contributed by atoms with Crippen molar-refractivity contribution >= 4 is 5.97 Å². The van der Waals surface area contributed by atoms with Crippen molar-refractivity contribution in [1.82, 2.24) is 10.2 Å². The van der Waals surface area contributed by atoms with Gasteiger partial charge in [0.2, 0.25) is 0 Å². The molecule has 0 bridgehead atoms. The third kappa shape index (κ3) is 6.20. The van der Waals surface area contributed by atoms with Gasteiger partial charge in [0.15, 0.2) is 0 Å². The highest BCUT2D eigenvalue weighted by Crippen LogP contribution is 2.50. The molecule has 0 aromatic rings. The van der Waals surface area contributed by atoms with E-state index in [1.165, 1.54) is 57.8 Å². The molecule has 174 valence electrons. The number of hydrogen-bond donors (Lipinski definition) is 2. The Hall–Kier alpha value is -0.650. The first-order valence-corrected chi connectivity index (χ1v) is 12.5. The Kier molecular flexibility index (Phi) is 7.57. The van der Waals surface area contributed by atoms with E-state index in [-0.39, 0.29) is 28.8 Å². The fraction of sp³-hybridized carbons (Fsp3) is 0.960. The maximum atomic E-state index is 11.4. The lowest BCUT2D eigenvalue weighted by molar-refractivity contribution is -0.175. The zero-order chi connectivity index (χ0) is 21.9. The summed E-state index contributed by atoms with van der Waals surface area (Å²) < 4.78 is 7.23. The highest BCUT2D eigenvalue weighted by Gasteiger charge is 2.58. The molecule has 2 N–H and O–H groups in total. The van der Waals surface area contributed by atoms with E-state index in [0.717, 1.165) is 32.2 Å². The van der Waals surface area contributed by atoms with E-state index in [9.17, 15) is 9.90 Å². The van der Waals surface area contributed by atoms with Gasteiger partial charge < -0.3 is 15.2 Å². The maximum absolute atomic E-state index is 11.4. The molecule has 0 unspecified atom stereocenters. The summed E-state index contributed by atoms with van der Waals surface area (Å²) in [4.78, 5) is 13.9. The van der Waals surface area contributed by atoms with Crippen LogP contribution in [0.4, 0.5) is 0 Å². The summed E-state index contributed by atoms with van der Waals surface area (Å²) in [6.45, 7) is 10.6. The average Bonchev–Trinajstić information content (AvgIpc) is 2.85. The van der Waals surface area contributed by atoms with Crippen LogP contribution in [0.3, 0.4) is 0 Å². The fourth-order valence-corrected chi connectivity index (χ4v) is 6.95. The third-order valence-corrected chi connectivity index (χ3v) is 7.40. The lowest BCUT2D eigenvalue weighted by Crippen LogP contribution is -2.64. The molecular formula is C25H46N2O3. The Balaban J connectivity index is 1.86. The number of carbonyl (C=O) groups is 1. The van der Waals surface area contributed by atoms with Crippen molar-refractivity contribution < 1.29 is 14.6 Å². The van der Waals surface area contributed by atoms with Gasteiger partial charge in [0.25, 0.3) is 0 Å². The van der Waals surface area contributed by atoms with E-state index in [4.69, 9.17) is 4.74 Å². The summed E-state index contributed by atoms with van der Waals surface area (Å²) in [6.07, 6.45) is 15.9. The second-order valence-electron chi connectivity index (χ2n) is 11.7. The Morgan fingerprint density at radius 2 is 1.33 bits per heavy atom. The van der Waals surface area contributed by atoms with Crippen LogP contribution >= 0.6 is 0 Å². The molecular weight excluding hydrogens is 376 g/mol. The van der Waals surface area contributed by atoms with Crippen molar-refractivity contribution in [2.45, 2.75) is 140 Å². The van der Waals surface area contributed by atoms with Gasteiger partial charge in [-0.25, -0.2) is 0 Å². The summed E-state index contributed by atoms with van der Waals surface area (Å²) >= 11 is 0. The van der Waals surface area contributed by atoms with Crippen LogP contribution < -0.4 is 5.32 Å². The van der Waals surface area contributed by atoms with Gasteiger partial charge in [0.1, 0.15) is 5.72 Å². The van der Waals surface area contributed by atoms with E-state index < -0.39 is 5.97 Å². The summed E-state index contributed by atoms with van der Waals surface area (Å²) in [5.41, 5.74) is -0.444. The molecule has 0 atom stereocenters. The molecule has 1 saturated carbocycles. The molecule has 0 aromatic carbocycles. The molecule has 2 aliphatic heterocycles. The number of aliphatic carboxylic acids is 1. The first kappa shape index (κ1) is 24.0. The number of nitrogens with zero attached hydrogens (tertiary/aromatic N) is 1. The van der Waals surface area contributed by atoms with Crippen molar-refractivity contribution in [1.29, 1.82) is 0 Å². The molecule has 3 rings (SSSR count). The molecule has 30 heavy (non-hydrogen) atoms. The number of hydrogen-bond acceptors (Lipinski definition) is 4. The largest absolute Gasteiger partial charge is 0.481 e. The van der Waals surface area contributed by atoms with E-state index >= 15 is 0 Å². The summed E-state index contributed by atoms with van der Waals surface area (Å²) in [5.74, 6) is -0.703. The molecule has 0 radical (unpaired) electrons. The van der Waals surface area contributed by atoms with Gasteiger partial charge in [0.05, 0.1) is 12.0 Å². The van der Waals surface area contributed by atoms with Crippen LogP contribution in [0.15, 0.2) is 0 Å². The highest BCUT2D eigenvalue weighted by molar-refractivity contribution is 5.66. The first-order chi connectivity index (χ1) is 14.1. The number of nitrogens with one attached hydrogen (secondary N) is 1. The summed E-state index contributed by atoms with van der Waals surface area (Å²) in [5, 5.41) is 13.2. The van der Waals surface area contributed by atoms with Gasteiger partial charge in [-0.15, -0.1) is 0 Å². The molecule has 3 aliphatic rings. The quantitative estimate of drug-likeness (QED) is 0.631. The molecule has 2 spiro atoms. The van der Waals surface area contributed by atoms with Crippen molar-refractivity contribution in [2.75, 3.05) is 13.1 Å². The third-order valence-electron chi connectivity index (χ3n) is 7.40. The standard InChI is InChI=1S/C25H46N2O3/c1-22(2)18-24(19-23(3,4)26-22)20-27(17-14-21(28)29)25(30-24)15-12-10-8-6-5-7-9-11-13-16-25/h26H,5-20H2,1-4H3,(H,28,29). The number of carboxylic acid groups (broad SMARTS) is 1. The fourth-order valence-electron chi connectivity index (χ4n) is 6.95. The Morgan fingerprint density at radius 1 is 0.867 bits per heavy atom. The van der Waals surface area contributed by atoms with E-state index in [0.29, 0.717) is 6.54 Å². The molecule has 0 aromatic heterocycles. The van der Waals surface area contributed by atoms with Crippen LogP contribution in [-0.4, -0.2) is 51.5 Å². The highest BCUT2D eigenvalue weighted by atomic mass is 16.6. The van der Waals surface area contributed by atoms with Crippen LogP contribution in [0.1, 0.15) is 118 Å². The molecule has 5 nitrogen and oxygen atoms in total. The zero-order valence-electron chi connectivity index (χ0n) is 20.0. The minimum Gasteiger partial charge on any atom is -0.481 e. The van der Waals surface area contributed by atoms with Gasteiger partial charge >= 0.3 is 5.97 Å². The van der Waals surface area contributed by atoms with Gasteiger partial charge in [-0.1, -0.05) is 44.9 Å².